The minimum absolute atomic E-state index is 0.0735. The van der Waals surface area contributed by atoms with E-state index in [2.05, 4.69) is 21.6 Å². The maximum Gasteiger partial charge on any atom is 0.182 e. The van der Waals surface area contributed by atoms with Crippen molar-refractivity contribution in [2.24, 2.45) is 7.05 Å². The lowest BCUT2D eigenvalue weighted by Crippen LogP contribution is -2.09. The quantitative estimate of drug-likeness (QED) is 0.788. The summed E-state index contributed by atoms with van der Waals surface area (Å²) in [4.78, 5) is 13.0. The lowest BCUT2D eigenvalue weighted by Gasteiger charge is -2.03. The number of ketones is 1. The third-order valence-corrected chi connectivity index (χ3v) is 3.83. The van der Waals surface area contributed by atoms with E-state index in [-0.39, 0.29) is 11.7 Å². The van der Waals surface area contributed by atoms with Gasteiger partial charge in [0.15, 0.2) is 5.78 Å². The Morgan fingerprint density at radius 3 is 2.79 bits per heavy atom. The van der Waals surface area contributed by atoms with Gasteiger partial charge in [-0.2, -0.15) is 5.10 Å². The van der Waals surface area contributed by atoms with E-state index in [1.54, 1.807) is 4.68 Å². The number of carbonyl (C=O) groups excluding carboxylic acids is 1. The fourth-order valence-electron chi connectivity index (χ4n) is 1.92. The van der Waals surface area contributed by atoms with Crippen molar-refractivity contribution in [1.29, 1.82) is 0 Å². The van der Waals surface area contributed by atoms with Crippen molar-refractivity contribution in [2.75, 3.05) is 0 Å². The van der Waals surface area contributed by atoms with Crippen LogP contribution in [0.4, 0.5) is 0 Å². The summed E-state index contributed by atoms with van der Waals surface area (Å²) in [7, 11) is 1.87. The topological polar surface area (TPSA) is 60.7 Å². The zero-order valence-corrected chi connectivity index (χ0v) is 12.5. The highest BCUT2D eigenvalue weighted by molar-refractivity contribution is 7.08. The van der Waals surface area contributed by atoms with Crippen molar-refractivity contribution >= 4 is 17.3 Å². The minimum Gasteiger partial charge on any atom is -0.293 e. The number of hydrogen-bond acceptors (Lipinski definition) is 5. The van der Waals surface area contributed by atoms with Gasteiger partial charge >= 0.3 is 0 Å². The van der Waals surface area contributed by atoms with E-state index in [0.29, 0.717) is 11.3 Å². The third-order valence-electron chi connectivity index (χ3n) is 3.04. The predicted octanol–water partition coefficient (Wildman–Crippen LogP) is 2.38. The van der Waals surface area contributed by atoms with Gasteiger partial charge in [0.05, 0.1) is 17.8 Å². The molecule has 0 saturated carbocycles. The summed E-state index contributed by atoms with van der Waals surface area (Å²) in [6.07, 6.45) is 1.23. The van der Waals surface area contributed by atoms with Crippen LogP contribution in [0.1, 0.15) is 53.4 Å². The molecule has 0 aromatic carbocycles. The highest BCUT2D eigenvalue weighted by Crippen LogP contribution is 2.21. The smallest absolute Gasteiger partial charge is 0.182 e. The lowest BCUT2D eigenvalue weighted by molar-refractivity contribution is 0.0993. The van der Waals surface area contributed by atoms with Gasteiger partial charge in [-0.05, 0) is 29.9 Å². The number of aromatic nitrogens is 4. The minimum atomic E-state index is 0.0735. The van der Waals surface area contributed by atoms with Crippen molar-refractivity contribution in [3.63, 3.8) is 0 Å². The van der Waals surface area contributed by atoms with E-state index in [9.17, 15) is 4.79 Å². The molecule has 0 aliphatic carbocycles. The Balaban J connectivity index is 2.20. The molecule has 0 radical (unpaired) electrons. The molecule has 0 unspecified atom stereocenters. The summed E-state index contributed by atoms with van der Waals surface area (Å²) in [5, 5.41) is 8.41. The summed E-state index contributed by atoms with van der Waals surface area (Å²) in [5.74, 6) is 0.291. The second-order valence-corrected chi connectivity index (χ2v) is 5.60. The molecule has 0 aliphatic rings. The molecule has 102 valence electrons. The Bertz CT molecular complexity index is 585. The average Bonchev–Trinajstić information content (AvgIpc) is 2.96. The van der Waals surface area contributed by atoms with Gasteiger partial charge in [-0.15, -0.1) is 5.10 Å². The molecule has 2 rings (SSSR count). The van der Waals surface area contributed by atoms with Crippen molar-refractivity contribution < 1.29 is 4.79 Å². The zero-order valence-electron chi connectivity index (χ0n) is 11.7. The van der Waals surface area contributed by atoms with E-state index < -0.39 is 0 Å². The first-order valence-electron chi connectivity index (χ1n) is 6.40. The maximum absolute atomic E-state index is 12.3. The van der Waals surface area contributed by atoms with Gasteiger partial charge in [-0.3, -0.25) is 9.48 Å². The standard InChI is InChI=1S/C13H18N4OS/c1-5-9-6-10(17(4)15-9)7-11(18)13-12(8(2)3)14-16-19-13/h6,8H,5,7H2,1-4H3. The monoisotopic (exact) mass is 278 g/mol. The van der Waals surface area contributed by atoms with Crippen LogP contribution in [0.2, 0.25) is 0 Å². The van der Waals surface area contributed by atoms with Crippen LogP contribution in [0.3, 0.4) is 0 Å². The number of carbonyl (C=O) groups is 1. The van der Waals surface area contributed by atoms with Gasteiger partial charge in [0.25, 0.3) is 0 Å². The summed E-state index contributed by atoms with van der Waals surface area (Å²) in [6, 6.07) is 1.99. The Labute approximate surface area is 116 Å². The molecule has 2 heterocycles. The summed E-state index contributed by atoms with van der Waals surface area (Å²) in [6.45, 7) is 6.09. The van der Waals surface area contributed by atoms with Crippen LogP contribution >= 0.6 is 11.5 Å². The van der Waals surface area contributed by atoms with Crippen molar-refractivity contribution in [1.82, 2.24) is 19.4 Å². The van der Waals surface area contributed by atoms with Crippen LogP contribution in [0.25, 0.3) is 0 Å². The molecule has 5 nitrogen and oxygen atoms in total. The van der Waals surface area contributed by atoms with Crippen LogP contribution in [-0.4, -0.2) is 25.2 Å². The molecule has 0 atom stereocenters. The number of rotatable bonds is 5. The summed E-state index contributed by atoms with van der Waals surface area (Å²) >= 11 is 1.18. The Morgan fingerprint density at radius 1 is 1.47 bits per heavy atom. The van der Waals surface area contributed by atoms with Crippen LogP contribution in [0, 0.1) is 0 Å². The number of aryl methyl sites for hydroxylation is 2. The van der Waals surface area contributed by atoms with Gasteiger partial charge in [-0.25, -0.2) is 0 Å². The van der Waals surface area contributed by atoms with Crippen LogP contribution in [-0.2, 0) is 19.9 Å². The largest absolute Gasteiger partial charge is 0.293 e. The van der Waals surface area contributed by atoms with E-state index in [1.165, 1.54) is 11.5 Å². The molecule has 2 aromatic rings. The highest BCUT2D eigenvalue weighted by Gasteiger charge is 2.20. The molecule has 2 aromatic heterocycles. The van der Waals surface area contributed by atoms with E-state index >= 15 is 0 Å². The van der Waals surface area contributed by atoms with Gasteiger partial charge in [0.2, 0.25) is 0 Å². The molecular formula is C13H18N4OS. The molecule has 0 saturated heterocycles. The van der Waals surface area contributed by atoms with Gasteiger partial charge < -0.3 is 0 Å². The second kappa shape index (κ2) is 5.61. The van der Waals surface area contributed by atoms with Gasteiger partial charge in [-0.1, -0.05) is 25.3 Å². The first kappa shape index (κ1) is 13.9. The summed E-state index contributed by atoms with van der Waals surface area (Å²) < 4.78 is 5.68. The fraction of sp³-hybridized carbons (Fsp3) is 0.538. The number of Topliss-reactive ketones (excluding diaryl/α,β-unsaturated/α-hetero) is 1. The summed E-state index contributed by atoms with van der Waals surface area (Å²) in [5.41, 5.74) is 2.75. The Morgan fingerprint density at radius 2 is 2.21 bits per heavy atom. The first-order valence-corrected chi connectivity index (χ1v) is 7.17. The van der Waals surface area contributed by atoms with Gasteiger partial charge in [0.1, 0.15) is 4.88 Å². The maximum atomic E-state index is 12.3. The molecule has 6 heteroatoms. The zero-order chi connectivity index (χ0) is 14.0. The molecule has 0 N–H and O–H groups in total. The van der Waals surface area contributed by atoms with E-state index in [1.807, 2.05) is 27.0 Å². The van der Waals surface area contributed by atoms with E-state index in [0.717, 1.165) is 23.5 Å². The molecule has 0 bridgehead atoms. The van der Waals surface area contributed by atoms with Crippen LogP contribution in [0.15, 0.2) is 6.07 Å². The normalized spacial score (nSPS) is 11.2. The van der Waals surface area contributed by atoms with Gasteiger partial charge in [0, 0.05) is 12.7 Å². The average molecular weight is 278 g/mol. The first-order chi connectivity index (χ1) is 9.02. The lowest BCUT2D eigenvalue weighted by atomic mass is 10.1. The Hall–Kier alpha value is -1.56. The molecule has 19 heavy (non-hydrogen) atoms. The molecule has 0 amide bonds. The molecule has 0 fully saturated rings. The van der Waals surface area contributed by atoms with Crippen molar-refractivity contribution in [3.8, 4) is 0 Å². The molecule has 0 aliphatic heterocycles. The third kappa shape index (κ3) is 2.89. The van der Waals surface area contributed by atoms with Crippen molar-refractivity contribution in [3.05, 3.63) is 28.0 Å². The Kier molecular flexibility index (Phi) is 4.09. The predicted molar refractivity (Wildman–Crippen MR) is 74.6 cm³/mol. The second-order valence-electron chi connectivity index (χ2n) is 4.85. The molecular weight excluding hydrogens is 260 g/mol. The SMILES string of the molecule is CCc1cc(CC(=O)c2snnc2C(C)C)n(C)n1. The van der Waals surface area contributed by atoms with Crippen molar-refractivity contribution in [2.45, 2.75) is 39.5 Å². The number of nitrogens with zero attached hydrogens (tertiary/aromatic N) is 4. The van der Waals surface area contributed by atoms with Crippen LogP contribution < -0.4 is 0 Å². The highest BCUT2D eigenvalue weighted by atomic mass is 32.1. The fourth-order valence-corrected chi connectivity index (χ4v) is 2.68. The van der Waals surface area contributed by atoms with Crippen LogP contribution in [0.5, 0.6) is 0 Å². The number of hydrogen-bond donors (Lipinski definition) is 0. The van der Waals surface area contributed by atoms with E-state index in [4.69, 9.17) is 0 Å². The molecule has 0 spiro atoms.